The first-order valence-corrected chi connectivity index (χ1v) is 8.77. The van der Waals surface area contributed by atoms with Crippen LogP contribution in [0.15, 0.2) is 48.5 Å². The van der Waals surface area contributed by atoms with Crippen LogP contribution >= 0.6 is 0 Å². The van der Waals surface area contributed by atoms with Gasteiger partial charge in [0.2, 0.25) is 5.91 Å². The number of hydrogen-bond acceptors (Lipinski definition) is 3. The van der Waals surface area contributed by atoms with Gasteiger partial charge in [0, 0.05) is 13.0 Å². The van der Waals surface area contributed by atoms with Crippen LogP contribution in [0.4, 0.5) is 0 Å². The topological polar surface area (TPSA) is 38.8 Å². The fourth-order valence-electron chi connectivity index (χ4n) is 3.42. The maximum Gasteiger partial charge on any atom is 0.223 e. The van der Waals surface area contributed by atoms with E-state index in [2.05, 4.69) is 12.1 Å². The van der Waals surface area contributed by atoms with Crippen molar-refractivity contribution in [1.29, 1.82) is 0 Å². The Balaban J connectivity index is 1.61. The fraction of sp³-hybridized carbons (Fsp3) is 0.381. The number of likely N-dealkylation sites (tertiary alicyclic amines) is 1. The minimum absolute atomic E-state index is 0.189. The number of aryl methyl sites for hydroxylation is 1. The Labute approximate surface area is 149 Å². The van der Waals surface area contributed by atoms with Gasteiger partial charge in [-0.1, -0.05) is 24.3 Å². The van der Waals surface area contributed by atoms with Gasteiger partial charge in [0.1, 0.15) is 11.5 Å². The van der Waals surface area contributed by atoms with E-state index < -0.39 is 0 Å². The summed E-state index contributed by atoms with van der Waals surface area (Å²) in [6.07, 6.45) is 3.39. The first-order chi connectivity index (χ1) is 12.2. The van der Waals surface area contributed by atoms with Crippen molar-refractivity contribution in [2.45, 2.75) is 31.7 Å². The second-order valence-electron chi connectivity index (χ2n) is 6.37. The molecular weight excluding hydrogens is 314 g/mol. The second kappa shape index (κ2) is 8.06. The van der Waals surface area contributed by atoms with E-state index in [1.165, 1.54) is 5.56 Å². The molecule has 3 rings (SSSR count). The van der Waals surface area contributed by atoms with E-state index in [1.807, 2.05) is 41.3 Å². The van der Waals surface area contributed by atoms with Gasteiger partial charge in [0.25, 0.3) is 0 Å². The highest BCUT2D eigenvalue weighted by molar-refractivity contribution is 5.77. The van der Waals surface area contributed by atoms with Crippen LogP contribution in [0, 0.1) is 0 Å². The summed E-state index contributed by atoms with van der Waals surface area (Å²) in [5.74, 6) is 1.92. The quantitative estimate of drug-likeness (QED) is 0.798. The lowest BCUT2D eigenvalue weighted by Gasteiger charge is -2.25. The van der Waals surface area contributed by atoms with Crippen molar-refractivity contribution >= 4 is 5.91 Å². The summed E-state index contributed by atoms with van der Waals surface area (Å²) in [6.45, 7) is 0.845. The highest BCUT2D eigenvalue weighted by Crippen LogP contribution is 2.33. The molecule has 1 atom stereocenters. The van der Waals surface area contributed by atoms with E-state index in [0.717, 1.165) is 42.9 Å². The first kappa shape index (κ1) is 17.3. The second-order valence-corrected chi connectivity index (χ2v) is 6.37. The van der Waals surface area contributed by atoms with Crippen LogP contribution in [0.2, 0.25) is 0 Å². The van der Waals surface area contributed by atoms with Crippen molar-refractivity contribution in [3.63, 3.8) is 0 Å². The van der Waals surface area contributed by atoms with E-state index in [4.69, 9.17) is 9.47 Å². The van der Waals surface area contributed by atoms with Gasteiger partial charge >= 0.3 is 0 Å². The Morgan fingerprint density at radius 3 is 2.20 bits per heavy atom. The van der Waals surface area contributed by atoms with Gasteiger partial charge in [-0.3, -0.25) is 4.79 Å². The Kier molecular flexibility index (Phi) is 5.59. The number of methoxy groups -OCH3 is 2. The first-order valence-electron chi connectivity index (χ1n) is 8.77. The Morgan fingerprint density at radius 1 is 1.00 bits per heavy atom. The third kappa shape index (κ3) is 4.13. The number of amides is 1. The van der Waals surface area contributed by atoms with Gasteiger partial charge in [-0.2, -0.15) is 0 Å². The third-order valence-electron chi connectivity index (χ3n) is 4.86. The predicted octanol–water partition coefficient (Wildman–Crippen LogP) is 4.00. The van der Waals surface area contributed by atoms with Crippen LogP contribution in [0.5, 0.6) is 11.5 Å². The average molecular weight is 339 g/mol. The minimum Gasteiger partial charge on any atom is -0.497 e. The molecule has 0 N–H and O–H groups in total. The molecule has 132 valence electrons. The van der Waals surface area contributed by atoms with Crippen molar-refractivity contribution in [2.75, 3.05) is 20.8 Å². The van der Waals surface area contributed by atoms with Crippen molar-refractivity contribution in [2.24, 2.45) is 0 Å². The molecule has 1 fully saturated rings. The average Bonchev–Trinajstić information content (AvgIpc) is 3.16. The van der Waals surface area contributed by atoms with Crippen LogP contribution in [0.25, 0.3) is 0 Å². The molecule has 0 aromatic heterocycles. The summed E-state index contributed by atoms with van der Waals surface area (Å²) in [5, 5.41) is 0. The summed E-state index contributed by atoms with van der Waals surface area (Å²) < 4.78 is 10.4. The monoisotopic (exact) mass is 339 g/mol. The number of carbonyl (C=O) groups excluding carboxylic acids is 1. The van der Waals surface area contributed by atoms with E-state index in [-0.39, 0.29) is 11.9 Å². The van der Waals surface area contributed by atoms with Gasteiger partial charge in [0.15, 0.2) is 0 Å². The van der Waals surface area contributed by atoms with Crippen molar-refractivity contribution in [3.05, 3.63) is 59.7 Å². The summed E-state index contributed by atoms with van der Waals surface area (Å²) in [4.78, 5) is 14.8. The smallest absolute Gasteiger partial charge is 0.223 e. The minimum atomic E-state index is 0.189. The molecule has 1 amide bonds. The number of carbonyl (C=O) groups is 1. The van der Waals surface area contributed by atoms with E-state index in [9.17, 15) is 4.79 Å². The van der Waals surface area contributed by atoms with Crippen LogP contribution in [0.3, 0.4) is 0 Å². The Hall–Kier alpha value is -2.49. The standard InChI is InChI=1S/C21H25NO3/c1-24-18-10-5-16(6-11-18)7-14-21(23)22-15-3-4-20(22)17-8-12-19(25-2)13-9-17/h5-6,8-13,20H,3-4,7,14-15H2,1-2H3/t20-/m0/s1. The zero-order chi connectivity index (χ0) is 17.6. The van der Waals surface area contributed by atoms with Gasteiger partial charge in [-0.25, -0.2) is 0 Å². The zero-order valence-corrected chi connectivity index (χ0v) is 14.9. The molecule has 4 nitrogen and oxygen atoms in total. The zero-order valence-electron chi connectivity index (χ0n) is 14.9. The molecule has 1 heterocycles. The summed E-state index contributed by atoms with van der Waals surface area (Å²) in [7, 11) is 3.32. The lowest BCUT2D eigenvalue weighted by Crippen LogP contribution is -2.30. The number of benzene rings is 2. The number of nitrogens with zero attached hydrogens (tertiary/aromatic N) is 1. The third-order valence-corrected chi connectivity index (χ3v) is 4.86. The van der Waals surface area contributed by atoms with Gasteiger partial charge in [-0.05, 0) is 54.7 Å². The molecule has 0 bridgehead atoms. The molecule has 1 aliphatic rings. The number of hydrogen-bond donors (Lipinski definition) is 0. The van der Waals surface area contributed by atoms with E-state index >= 15 is 0 Å². The Morgan fingerprint density at radius 2 is 1.60 bits per heavy atom. The lowest BCUT2D eigenvalue weighted by molar-refractivity contribution is -0.132. The molecule has 4 heteroatoms. The van der Waals surface area contributed by atoms with Crippen LogP contribution in [-0.2, 0) is 11.2 Å². The van der Waals surface area contributed by atoms with Crippen LogP contribution < -0.4 is 9.47 Å². The van der Waals surface area contributed by atoms with E-state index in [1.54, 1.807) is 14.2 Å². The highest BCUT2D eigenvalue weighted by Gasteiger charge is 2.29. The molecule has 2 aromatic carbocycles. The maximum atomic E-state index is 12.7. The molecular formula is C21H25NO3. The number of rotatable bonds is 6. The van der Waals surface area contributed by atoms with Crippen molar-refractivity contribution < 1.29 is 14.3 Å². The molecule has 0 unspecified atom stereocenters. The van der Waals surface area contributed by atoms with Gasteiger partial charge in [-0.15, -0.1) is 0 Å². The molecule has 1 aliphatic heterocycles. The lowest BCUT2D eigenvalue weighted by atomic mass is 10.0. The molecule has 1 saturated heterocycles. The molecule has 0 radical (unpaired) electrons. The summed E-state index contributed by atoms with van der Waals surface area (Å²) in [6, 6.07) is 16.2. The van der Waals surface area contributed by atoms with E-state index in [0.29, 0.717) is 6.42 Å². The SMILES string of the molecule is COc1ccc(CCC(=O)N2CCC[C@H]2c2ccc(OC)cc2)cc1. The normalized spacial score (nSPS) is 16.7. The van der Waals surface area contributed by atoms with Gasteiger partial charge < -0.3 is 14.4 Å². The number of ether oxygens (including phenoxy) is 2. The molecule has 25 heavy (non-hydrogen) atoms. The van der Waals surface area contributed by atoms with Crippen LogP contribution in [0.1, 0.15) is 36.4 Å². The fourth-order valence-corrected chi connectivity index (χ4v) is 3.42. The summed E-state index contributed by atoms with van der Waals surface area (Å²) >= 11 is 0. The molecule has 0 saturated carbocycles. The molecule has 0 spiro atoms. The Bertz CT molecular complexity index is 694. The largest absolute Gasteiger partial charge is 0.497 e. The van der Waals surface area contributed by atoms with Crippen molar-refractivity contribution in [1.82, 2.24) is 4.90 Å². The maximum absolute atomic E-state index is 12.7. The van der Waals surface area contributed by atoms with Crippen LogP contribution in [-0.4, -0.2) is 31.6 Å². The predicted molar refractivity (Wildman–Crippen MR) is 98.0 cm³/mol. The van der Waals surface area contributed by atoms with Gasteiger partial charge in [0.05, 0.1) is 20.3 Å². The highest BCUT2D eigenvalue weighted by atomic mass is 16.5. The van der Waals surface area contributed by atoms with Crippen molar-refractivity contribution in [3.8, 4) is 11.5 Å². The molecule has 0 aliphatic carbocycles. The summed E-state index contributed by atoms with van der Waals surface area (Å²) in [5.41, 5.74) is 2.35. The molecule has 2 aromatic rings.